The topological polar surface area (TPSA) is 249 Å². The second-order valence-corrected chi connectivity index (χ2v) is 17.0. The van der Waals surface area contributed by atoms with Gasteiger partial charge >= 0.3 is 11.9 Å². The zero-order valence-corrected chi connectivity index (χ0v) is 36.5. The van der Waals surface area contributed by atoms with Gasteiger partial charge in [0.1, 0.15) is 48.3 Å². The predicted molar refractivity (Wildman–Crippen MR) is 232 cm³/mol. The number of benzene rings is 3. The number of hydrogen-bond acceptors (Lipinski definition) is 15. The summed E-state index contributed by atoms with van der Waals surface area (Å²) in [4.78, 5) is 53.0. The lowest BCUT2D eigenvalue weighted by Gasteiger charge is -2.39. The van der Waals surface area contributed by atoms with Crippen molar-refractivity contribution in [1.82, 2.24) is 10.6 Å². The summed E-state index contributed by atoms with van der Waals surface area (Å²) in [6.45, 7) is 4.02. The van der Waals surface area contributed by atoms with E-state index in [9.17, 15) is 44.7 Å². The number of nitrogens with one attached hydrogen (secondary N) is 2. The number of fused-ring (bicyclic) bond motifs is 1. The summed E-state index contributed by atoms with van der Waals surface area (Å²) in [5, 5.41) is 55.3. The van der Waals surface area contributed by atoms with Gasteiger partial charge in [0.15, 0.2) is 6.29 Å². The van der Waals surface area contributed by atoms with Crippen LogP contribution in [0.5, 0.6) is 0 Å². The second-order valence-electron chi connectivity index (χ2n) is 17.0. The SMILES string of the molecule is CC(C)(C)OC(=O)CCC(CO)NC(=O)CCNC(=O)C1=CC2OC(c3ccccc3)(c3ccccc3)OC2C(OC(=O)c2ccccc2C=CCOC2OC(CO)C(O)C(O)C2O)C1. The minimum Gasteiger partial charge on any atom is -0.460 e. The van der Waals surface area contributed by atoms with E-state index in [2.05, 4.69) is 10.6 Å². The fraction of sp³-hybridized carbons (Fsp3) is 0.458. The maximum absolute atomic E-state index is 14.1. The van der Waals surface area contributed by atoms with Gasteiger partial charge in [0.05, 0.1) is 31.4 Å². The molecule has 2 fully saturated rings. The van der Waals surface area contributed by atoms with Gasteiger partial charge in [-0.1, -0.05) is 91.0 Å². The van der Waals surface area contributed by atoms with Crippen LogP contribution < -0.4 is 10.6 Å². The Kier molecular flexibility index (Phi) is 16.8. The molecule has 3 aromatic carbocycles. The highest BCUT2D eigenvalue weighted by molar-refractivity contribution is 5.95. The molecule has 9 atom stereocenters. The summed E-state index contributed by atoms with van der Waals surface area (Å²) in [5.41, 5.74) is 1.51. The summed E-state index contributed by atoms with van der Waals surface area (Å²) in [7, 11) is 0. The van der Waals surface area contributed by atoms with Crippen molar-refractivity contribution in [3.8, 4) is 0 Å². The summed E-state index contributed by atoms with van der Waals surface area (Å²) in [5.74, 6) is -3.60. The van der Waals surface area contributed by atoms with E-state index in [0.29, 0.717) is 16.7 Å². The summed E-state index contributed by atoms with van der Waals surface area (Å²) >= 11 is 0. The van der Waals surface area contributed by atoms with Crippen LogP contribution >= 0.6 is 0 Å². The highest BCUT2D eigenvalue weighted by atomic mass is 16.8. The van der Waals surface area contributed by atoms with Crippen LogP contribution in [-0.4, -0.2) is 136 Å². The molecule has 0 radical (unpaired) electrons. The molecule has 350 valence electrons. The first kappa shape index (κ1) is 49.1. The van der Waals surface area contributed by atoms with Crippen molar-refractivity contribution < 1.29 is 73.1 Å². The fourth-order valence-electron chi connectivity index (χ4n) is 7.75. The first-order chi connectivity index (χ1) is 31.1. The Morgan fingerprint density at radius 2 is 1.52 bits per heavy atom. The highest BCUT2D eigenvalue weighted by Crippen LogP contribution is 2.47. The van der Waals surface area contributed by atoms with Crippen molar-refractivity contribution in [2.45, 2.75) is 113 Å². The number of carbonyl (C=O) groups is 4. The first-order valence-electron chi connectivity index (χ1n) is 21.6. The van der Waals surface area contributed by atoms with Crippen molar-refractivity contribution in [2.75, 3.05) is 26.4 Å². The van der Waals surface area contributed by atoms with Crippen LogP contribution in [0, 0.1) is 0 Å². The molecule has 17 nitrogen and oxygen atoms in total. The molecular weight excluding hydrogens is 845 g/mol. The van der Waals surface area contributed by atoms with Gasteiger partial charge in [-0.05, 0) is 44.9 Å². The average Bonchev–Trinajstić information content (AvgIpc) is 3.70. The smallest absolute Gasteiger partial charge is 0.339 e. The van der Waals surface area contributed by atoms with Crippen LogP contribution in [0.15, 0.2) is 103 Å². The van der Waals surface area contributed by atoms with Crippen LogP contribution in [-0.2, 0) is 48.6 Å². The van der Waals surface area contributed by atoms with Crippen LogP contribution in [0.1, 0.15) is 73.5 Å². The molecule has 2 amide bonds. The highest BCUT2D eigenvalue weighted by Gasteiger charge is 2.55. The van der Waals surface area contributed by atoms with E-state index < -0.39 is 103 Å². The minimum atomic E-state index is -1.60. The Morgan fingerprint density at radius 3 is 2.17 bits per heavy atom. The fourth-order valence-corrected chi connectivity index (χ4v) is 7.75. The van der Waals surface area contributed by atoms with E-state index in [4.69, 9.17) is 28.4 Å². The van der Waals surface area contributed by atoms with Crippen LogP contribution in [0.4, 0.5) is 0 Å². The Balaban J connectivity index is 1.16. The van der Waals surface area contributed by atoms with Crippen LogP contribution in [0.25, 0.3) is 6.08 Å². The standard InChI is InChI=1S/C48H58N2O15/c1-47(2,3)64-39(54)21-20-33(27-51)50-38(53)22-23-49-44(58)30-25-35(43-36(26-30)63-48(65-43,31-15-6-4-7-16-31)32-17-8-5-9-18-32)61-45(59)34-19-11-10-13-29(34)14-12-24-60-46-42(57)41(56)40(55)37(28-52)62-46/h4-19,26,33,35-37,40-43,46,51-52,55-57H,20-25,27-28H2,1-3H3,(H,49,58)(H,50,53). The second kappa shape index (κ2) is 22.2. The zero-order chi connectivity index (χ0) is 46.7. The Hall–Kier alpha value is -5.34. The quantitative estimate of drug-likeness (QED) is 0.0905. The predicted octanol–water partition coefficient (Wildman–Crippen LogP) is 2.16. The van der Waals surface area contributed by atoms with Crippen LogP contribution in [0.2, 0.25) is 0 Å². The number of aliphatic hydroxyl groups is 5. The third-order valence-corrected chi connectivity index (χ3v) is 11.0. The number of ether oxygens (including phenoxy) is 6. The molecular formula is C48H58N2O15. The van der Waals surface area contributed by atoms with E-state index >= 15 is 0 Å². The Bertz CT molecular complexity index is 2100. The molecule has 2 saturated heterocycles. The molecule has 0 bridgehead atoms. The van der Waals surface area contributed by atoms with Crippen molar-refractivity contribution >= 4 is 29.8 Å². The molecule has 9 unspecified atom stereocenters. The van der Waals surface area contributed by atoms with Gasteiger partial charge in [-0.15, -0.1) is 0 Å². The number of rotatable bonds is 18. The molecule has 6 rings (SSSR count). The zero-order valence-electron chi connectivity index (χ0n) is 36.5. The number of carbonyl (C=O) groups excluding carboxylic acids is 4. The van der Waals surface area contributed by atoms with E-state index in [0.717, 1.165) is 0 Å². The molecule has 3 aliphatic rings. The summed E-state index contributed by atoms with van der Waals surface area (Å²) < 4.78 is 36.1. The van der Waals surface area contributed by atoms with E-state index in [1.54, 1.807) is 63.3 Å². The van der Waals surface area contributed by atoms with Gasteiger partial charge in [0.2, 0.25) is 17.6 Å². The lowest BCUT2D eigenvalue weighted by molar-refractivity contribution is -0.298. The molecule has 0 aromatic heterocycles. The molecule has 2 aliphatic heterocycles. The monoisotopic (exact) mass is 902 g/mol. The molecule has 2 heterocycles. The van der Waals surface area contributed by atoms with E-state index in [-0.39, 0.29) is 50.0 Å². The van der Waals surface area contributed by atoms with Crippen molar-refractivity contribution in [2.24, 2.45) is 0 Å². The molecule has 0 spiro atoms. The number of hydrogen-bond donors (Lipinski definition) is 7. The van der Waals surface area contributed by atoms with Gasteiger partial charge < -0.3 is 64.6 Å². The third-order valence-electron chi connectivity index (χ3n) is 11.0. The molecule has 1 aliphatic carbocycles. The van der Waals surface area contributed by atoms with Gasteiger partial charge in [0.25, 0.3) is 0 Å². The molecule has 65 heavy (non-hydrogen) atoms. The third kappa shape index (κ3) is 12.5. The summed E-state index contributed by atoms with van der Waals surface area (Å²) in [6, 6.07) is 24.5. The van der Waals surface area contributed by atoms with Gasteiger partial charge in [-0.3, -0.25) is 14.4 Å². The maximum Gasteiger partial charge on any atom is 0.339 e. The lowest BCUT2D eigenvalue weighted by Crippen LogP contribution is -2.59. The summed E-state index contributed by atoms with van der Waals surface area (Å²) in [6.07, 6.45) is -5.28. The molecule has 3 aromatic rings. The van der Waals surface area contributed by atoms with E-state index in [1.807, 2.05) is 60.7 Å². The van der Waals surface area contributed by atoms with E-state index in [1.165, 1.54) is 0 Å². The van der Waals surface area contributed by atoms with Gasteiger partial charge in [-0.2, -0.15) is 0 Å². The average molecular weight is 903 g/mol. The number of esters is 2. The van der Waals surface area contributed by atoms with Crippen molar-refractivity contribution in [3.63, 3.8) is 0 Å². The molecule has 0 saturated carbocycles. The molecule has 7 N–H and O–H groups in total. The largest absolute Gasteiger partial charge is 0.460 e. The molecule has 17 heteroatoms. The van der Waals surface area contributed by atoms with Crippen LogP contribution in [0.3, 0.4) is 0 Å². The van der Waals surface area contributed by atoms with Gasteiger partial charge in [-0.25, -0.2) is 4.79 Å². The first-order valence-corrected chi connectivity index (χ1v) is 21.6. The normalized spacial score (nSPS) is 25.5. The van der Waals surface area contributed by atoms with Crippen molar-refractivity contribution in [3.05, 3.63) is 125 Å². The minimum absolute atomic E-state index is 0.00501. The Morgan fingerprint density at radius 1 is 0.862 bits per heavy atom. The number of aliphatic hydroxyl groups excluding tert-OH is 5. The lowest BCUT2D eigenvalue weighted by atomic mass is 9.91. The van der Waals surface area contributed by atoms with Crippen molar-refractivity contribution in [1.29, 1.82) is 0 Å². The Labute approximate surface area is 376 Å². The van der Waals surface area contributed by atoms with Gasteiger partial charge in [0, 0.05) is 42.5 Å². The number of amides is 2. The maximum atomic E-state index is 14.1.